The summed E-state index contributed by atoms with van der Waals surface area (Å²) in [6.45, 7) is 1.24. The molecule has 2 aromatic carbocycles. The van der Waals surface area contributed by atoms with Crippen LogP contribution in [0.3, 0.4) is 0 Å². The SMILES string of the molecule is O=C(NCC1CCCO1)Nc1ccc(NC(=O)c2ccccc2O)cc1. The van der Waals surface area contributed by atoms with Crippen molar-refractivity contribution in [3.8, 4) is 5.75 Å². The zero-order chi connectivity index (χ0) is 18.4. The molecule has 0 saturated carbocycles. The Hall–Kier alpha value is -3.06. The number of carbonyl (C=O) groups is 2. The molecule has 1 fully saturated rings. The van der Waals surface area contributed by atoms with E-state index in [9.17, 15) is 14.7 Å². The molecule has 1 aliphatic rings. The topological polar surface area (TPSA) is 99.7 Å². The summed E-state index contributed by atoms with van der Waals surface area (Å²) in [5.74, 6) is -0.482. The molecule has 4 N–H and O–H groups in total. The third kappa shape index (κ3) is 4.73. The van der Waals surface area contributed by atoms with Crippen molar-refractivity contribution in [2.45, 2.75) is 18.9 Å². The Labute approximate surface area is 151 Å². The van der Waals surface area contributed by atoms with Crippen LogP contribution in [0.15, 0.2) is 48.5 Å². The second-order valence-corrected chi connectivity index (χ2v) is 6.02. The number of rotatable bonds is 5. The van der Waals surface area contributed by atoms with Crippen LogP contribution in [0, 0.1) is 0 Å². The van der Waals surface area contributed by atoms with Crippen LogP contribution in [-0.2, 0) is 4.74 Å². The molecule has 1 unspecified atom stereocenters. The lowest BCUT2D eigenvalue weighted by molar-refractivity contribution is 0.102. The molecular weight excluding hydrogens is 334 g/mol. The number of ether oxygens (including phenoxy) is 1. The quantitative estimate of drug-likeness (QED) is 0.662. The summed E-state index contributed by atoms with van der Waals surface area (Å²) in [7, 11) is 0. The molecule has 7 nitrogen and oxygen atoms in total. The van der Waals surface area contributed by atoms with Crippen LogP contribution in [0.2, 0.25) is 0 Å². The van der Waals surface area contributed by atoms with Gasteiger partial charge in [0.15, 0.2) is 0 Å². The number of amides is 3. The van der Waals surface area contributed by atoms with Crippen molar-refractivity contribution in [2.24, 2.45) is 0 Å². The van der Waals surface area contributed by atoms with Crippen LogP contribution in [-0.4, -0.2) is 36.3 Å². The van der Waals surface area contributed by atoms with Crippen molar-refractivity contribution in [1.29, 1.82) is 0 Å². The van der Waals surface area contributed by atoms with Crippen LogP contribution < -0.4 is 16.0 Å². The lowest BCUT2D eigenvalue weighted by Crippen LogP contribution is -2.35. The molecule has 2 aromatic rings. The number of carbonyl (C=O) groups excluding carboxylic acids is 2. The highest BCUT2D eigenvalue weighted by atomic mass is 16.5. The fourth-order valence-electron chi connectivity index (χ4n) is 2.69. The van der Waals surface area contributed by atoms with Crippen LogP contribution in [0.5, 0.6) is 5.75 Å². The molecule has 1 atom stereocenters. The monoisotopic (exact) mass is 355 g/mol. The van der Waals surface area contributed by atoms with E-state index in [0.717, 1.165) is 19.4 Å². The predicted octanol–water partition coefficient (Wildman–Crippen LogP) is 2.95. The first-order valence-corrected chi connectivity index (χ1v) is 8.47. The first-order valence-electron chi connectivity index (χ1n) is 8.47. The molecule has 26 heavy (non-hydrogen) atoms. The molecule has 0 bridgehead atoms. The highest BCUT2D eigenvalue weighted by Crippen LogP contribution is 2.19. The van der Waals surface area contributed by atoms with Crippen molar-refractivity contribution in [3.63, 3.8) is 0 Å². The maximum atomic E-state index is 12.1. The van der Waals surface area contributed by atoms with E-state index in [0.29, 0.717) is 17.9 Å². The van der Waals surface area contributed by atoms with Crippen molar-refractivity contribution < 1.29 is 19.4 Å². The van der Waals surface area contributed by atoms with Crippen molar-refractivity contribution in [3.05, 3.63) is 54.1 Å². The number of aromatic hydroxyl groups is 1. The predicted molar refractivity (Wildman–Crippen MR) is 98.5 cm³/mol. The summed E-state index contributed by atoms with van der Waals surface area (Å²) in [6, 6.07) is 12.7. The number of urea groups is 1. The number of benzene rings is 2. The Balaban J connectivity index is 1.50. The Morgan fingerprint density at radius 1 is 1.04 bits per heavy atom. The number of para-hydroxylation sites is 1. The summed E-state index contributed by atoms with van der Waals surface area (Å²) < 4.78 is 5.45. The van der Waals surface area contributed by atoms with E-state index in [2.05, 4.69) is 16.0 Å². The number of phenolic OH excluding ortho intramolecular Hbond substituents is 1. The molecular formula is C19H21N3O4. The average molecular weight is 355 g/mol. The van der Waals surface area contributed by atoms with Gasteiger partial charge in [-0.25, -0.2) is 4.79 Å². The standard InChI is InChI=1S/C19H21N3O4/c23-17-6-2-1-5-16(17)18(24)21-13-7-9-14(10-8-13)22-19(25)20-12-15-4-3-11-26-15/h1-2,5-10,15,23H,3-4,11-12H2,(H,21,24)(H2,20,22,25). The third-order valence-corrected chi connectivity index (χ3v) is 4.06. The Kier molecular flexibility index (Phi) is 5.70. The fraction of sp³-hybridized carbons (Fsp3) is 0.263. The molecule has 3 rings (SSSR count). The molecule has 1 saturated heterocycles. The van der Waals surface area contributed by atoms with E-state index in [1.807, 2.05) is 0 Å². The van der Waals surface area contributed by atoms with Crippen molar-refractivity contribution >= 4 is 23.3 Å². The van der Waals surface area contributed by atoms with Gasteiger partial charge in [-0.15, -0.1) is 0 Å². The van der Waals surface area contributed by atoms with Crippen LogP contribution in [0.25, 0.3) is 0 Å². The molecule has 136 valence electrons. The number of nitrogens with one attached hydrogen (secondary N) is 3. The minimum absolute atomic E-state index is 0.0776. The van der Waals surface area contributed by atoms with Gasteiger partial charge in [0.2, 0.25) is 0 Å². The first-order chi connectivity index (χ1) is 12.6. The van der Waals surface area contributed by atoms with Gasteiger partial charge in [-0.2, -0.15) is 0 Å². The number of phenols is 1. The van der Waals surface area contributed by atoms with E-state index in [1.54, 1.807) is 42.5 Å². The van der Waals surface area contributed by atoms with Gasteiger partial charge in [-0.05, 0) is 49.2 Å². The molecule has 0 radical (unpaired) electrons. The van der Waals surface area contributed by atoms with Crippen LogP contribution in [0.4, 0.5) is 16.2 Å². The van der Waals surface area contributed by atoms with E-state index < -0.39 is 5.91 Å². The minimum atomic E-state index is -0.405. The van der Waals surface area contributed by atoms with Crippen LogP contribution >= 0.6 is 0 Å². The highest BCUT2D eigenvalue weighted by Gasteiger charge is 2.16. The second-order valence-electron chi connectivity index (χ2n) is 6.02. The summed E-state index contributed by atoms with van der Waals surface area (Å²) in [4.78, 5) is 24.0. The smallest absolute Gasteiger partial charge is 0.319 e. The Morgan fingerprint density at radius 2 is 1.73 bits per heavy atom. The summed E-state index contributed by atoms with van der Waals surface area (Å²) in [5, 5.41) is 17.9. The van der Waals surface area contributed by atoms with Gasteiger partial charge in [0.05, 0.1) is 11.7 Å². The van der Waals surface area contributed by atoms with Gasteiger partial charge in [-0.1, -0.05) is 12.1 Å². The lowest BCUT2D eigenvalue weighted by atomic mass is 10.2. The molecule has 1 aliphatic heterocycles. The number of anilines is 2. The second kappa shape index (κ2) is 8.35. The highest BCUT2D eigenvalue weighted by molar-refractivity contribution is 6.06. The van der Waals surface area contributed by atoms with Gasteiger partial charge in [0.25, 0.3) is 5.91 Å². The maximum Gasteiger partial charge on any atom is 0.319 e. The Bertz CT molecular complexity index is 771. The average Bonchev–Trinajstić information content (AvgIpc) is 3.15. The van der Waals surface area contributed by atoms with Crippen molar-refractivity contribution in [2.75, 3.05) is 23.8 Å². The Morgan fingerprint density at radius 3 is 2.38 bits per heavy atom. The first kappa shape index (κ1) is 17.8. The minimum Gasteiger partial charge on any atom is -0.507 e. The zero-order valence-corrected chi connectivity index (χ0v) is 14.2. The molecule has 0 aliphatic carbocycles. The van der Waals surface area contributed by atoms with E-state index in [4.69, 9.17) is 4.74 Å². The molecule has 1 heterocycles. The van der Waals surface area contributed by atoms with Gasteiger partial charge >= 0.3 is 6.03 Å². The normalized spacial score (nSPS) is 16.1. The molecule has 7 heteroatoms. The maximum absolute atomic E-state index is 12.1. The molecule has 0 aromatic heterocycles. The molecule has 0 spiro atoms. The lowest BCUT2D eigenvalue weighted by Gasteiger charge is -2.12. The largest absolute Gasteiger partial charge is 0.507 e. The van der Waals surface area contributed by atoms with Gasteiger partial charge in [0.1, 0.15) is 5.75 Å². The van der Waals surface area contributed by atoms with E-state index in [-0.39, 0.29) is 23.4 Å². The fourth-order valence-corrected chi connectivity index (χ4v) is 2.69. The number of hydrogen-bond donors (Lipinski definition) is 4. The van der Waals surface area contributed by atoms with E-state index in [1.165, 1.54) is 6.07 Å². The van der Waals surface area contributed by atoms with E-state index >= 15 is 0 Å². The summed E-state index contributed by atoms with van der Waals surface area (Å²) in [5.41, 5.74) is 1.36. The van der Waals surface area contributed by atoms with Gasteiger partial charge in [0, 0.05) is 24.5 Å². The van der Waals surface area contributed by atoms with Crippen LogP contribution in [0.1, 0.15) is 23.2 Å². The summed E-state index contributed by atoms with van der Waals surface area (Å²) >= 11 is 0. The van der Waals surface area contributed by atoms with Crippen molar-refractivity contribution in [1.82, 2.24) is 5.32 Å². The van der Waals surface area contributed by atoms with Gasteiger partial charge in [-0.3, -0.25) is 4.79 Å². The van der Waals surface area contributed by atoms with Gasteiger partial charge < -0.3 is 25.8 Å². The number of hydrogen-bond acceptors (Lipinski definition) is 4. The third-order valence-electron chi connectivity index (χ3n) is 4.06. The zero-order valence-electron chi connectivity index (χ0n) is 14.2. The molecule has 3 amide bonds. The summed E-state index contributed by atoms with van der Waals surface area (Å²) in [6.07, 6.45) is 2.08.